The van der Waals surface area contributed by atoms with Crippen molar-refractivity contribution in [2.45, 2.75) is 13.3 Å². The van der Waals surface area contributed by atoms with Crippen LogP contribution in [0.2, 0.25) is 0 Å². The van der Waals surface area contributed by atoms with E-state index in [2.05, 4.69) is 11.9 Å². The largest absolute Gasteiger partial charge is 0.468 e. The normalized spacial score (nSPS) is 15.5. The van der Waals surface area contributed by atoms with Crippen molar-refractivity contribution >= 4 is 5.91 Å². The predicted octanol–water partition coefficient (Wildman–Crippen LogP) is 0.882. The minimum atomic E-state index is -0.0120. The number of rotatable bonds is 4. The monoisotopic (exact) mass is 250 g/mol. The molecule has 0 aliphatic carbocycles. The Morgan fingerprint density at radius 1 is 1.50 bits per heavy atom. The lowest BCUT2D eigenvalue weighted by Gasteiger charge is -2.26. The number of aryl methyl sites for hydroxylation is 1. The summed E-state index contributed by atoms with van der Waals surface area (Å²) in [5.74, 6) is 0.498. The van der Waals surface area contributed by atoms with E-state index in [1.807, 2.05) is 12.1 Å². The SMILES string of the molecule is CCc1ccnc(OCC(=O)N2CCOCC2)c1. The second kappa shape index (κ2) is 6.35. The molecule has 98 valence electrons. The van der Waals surface area contributed by atoms with Crippen molar-refractivity contribution in [2.75, 3.05) is 32.9 Å². The highest BCUT2D eigenvalue weighted by molar-refractivity contribution is 5.77. The number of carbonyl (C=O) groups is 1. The number of morpholine rings is 1. The average Bonchev–Trinajstić information content (AvgIpc) is 2.46. The molecule has 1 aromatic heterocycles. The average molecular weight is 250 g/mol. The molecule has 1 aromatic rings. The molecule has 1 saturated heterocycles. The summed E-state index contributed by atoms with van der Waals surface area (Å²) in [4.78, 5) is 17.7. The first-order valence-electron chi connectivity index (χ1n) is 6.23. The zero-order valence-corrected chi connectivity index (χ0v) is 10.6. The number of aromatic nitrogens is 1. The lowest BCUT2D eigenvalue weighted by Crippen LogP contribution is -2.43. The van der Waals surface area contributed by atoms with E-state index in [1.165, 1.54) is 0 Å². The number of pyridine rings is 1. The van der Waals surface area contributed by atoms with Crippen LogP contribution in [0.25, 0.3) is 0 Å². The molecular formula is C13H18N2O3. The lowest BCUT2D eigenvalue weighted by molar-refractivity contribution is -0.137. The van der Waals surface area contributed by atoms with Crippen molar-refractivity contribution in [3.8, 4) is 5.88 Å². The Labute approximate surface area is 107 Å². The maximum absolute atomic E-state index is 11.8. The molecular weight excluding hydrogens is 232 g/mol. The number of amides is 1. The van der Waals surface area contributed by atoms with Crippen LogP contribution in [0.3, 0.4) is 0 Å². The third-order valence-electron chi connectivity index (χ3n) is 2.91. The molecule has 0 unspecified atom stereocenters. The van der Waals surface area contributed by atoms with Gasteiger partial charge in [-0.3, -0.25) is 4.79 Å². The molecule has 0 atom stereocenters. The van der Waals surface area contributed by atoms with Gasteiger partial charge in [0.25, 0.3) is 5.91 Å². The minimum absolute atomic E-state index is 0.0120. The van der Waals surface area contributed by atoms with Gasteiger partial charge in [0.1, 0.15) is 0 Å². The van der Waals surface area contributed by atoms with E-state index in [4.69, 9.17) is 9.47 Å². The summed E-state index contributed by atoms with van der Waals surface area (Å²) < 4.78 is 10.6. The minimum Gasteiger partial charge on any atom is -0.468 e. The molecule has 5 nitrogen and oxygen atoms in total. The Morgan fingerprint density at radius 2 is 2.28 bits per heavy atom. The molecule has 0 aromatic carbocycles. The zero-order chi connectivity index (χ0) is 12.8. The van der Waals surface area contributed by atoms with Crippen molar-refractivity contribution in [2.24, 2.45) is 0 Å². The Hall–Kier alpha value is -1.62. The zero-order valence-electron chi connectivity index (χ0n) is 10.6. The molecule has 2 heterocycles. The second-order valence-electron chi connectivity index (χ2n) is 4.14. The number of hydrogen-bond donors (Lipinski definition) is 0. The van der Waals surface area contributed by atoms with Crippen LogP contribution in [-0.4, -0.2) is 48.7 Å². The predicted molar refractivity (Wildman–Crippen MR) is 66.5 cm³/mol. The van der Waals surface area contributed by atoms with Crippen LogP contribution < -0.4 is 4.74 Å². The summed E-state index contributed by atoms with van der Waals surface area (Å²) >= 11 is 0. The third-order valence-corrected chi connectivity index (χ3v) is 2.91. The first-order valence-corrected chi connectivity index (χ1v) is 6.23. The highest BCUT2D eigenvalue weighted by atomic mass is 16.5. The first-order chi connectivity index (χ1) is 8.79. The topological polar surface area (TPSA) is 51.7 Å². The smallest absolute Gasteiger partial charge is 0.260 e. The molecule has 0 saturated carbocycles. The summed E-state index contributed by atoms with van der Waals surface area (Å²) in [6.45, 7) is 4.61. The van der Waals surface area contributed by atoms with Gasteiger partial charge >= 0.3 is 0 Å². The summed E-state index contributed by atoms with van der Waals surface area (Å²) in [5, 5.41) is 0. The maximum Gasteiger partial charge on any atom is 0.260 e. The molecule has 2 rings (SSSR count). The maximum atomic E-state index is 11.8. The standard InChI is InChI=1S/C13H18N2O3/c1-2-11-3-4-14-12(9-11)18-10-13(16)15-5-7-17-8-6-15/h3-4,9H,2,5-8,10H2,1H3. The molecule has 1 aliphatic rings. The Kier molecular flexibility index (Phi) is 4.52. The van der Waals surface area contributed by atoms with Gasteiger partial charge in [-0.25, -0.2) is 4.98 Å². The van der Waals surface area contributed by atoms with E-state index >= 15 is 0 Å². The van der Waals surface area contributed by atoms with Crippen LogP contribution in [0.1, 0.15) is 12.5 Å². The van der Waals surface area contributed by atoms with Crippen LogP contribution in [0.15, 0.2) is 18.3 Å². The fraction of sp³-hybridized carbons (Fsp3) is 0.538. The van der Waals surface area contributed by atoms with E-state index in [0.29, 0.717) is 32.2 Å². The molecule has 18 heavy (non-hydrogen) atoms. The Morgan fingerprint density at radius 3 is 3.00 bits per heavy atom. The molecule has 1 fully saturated rings. The van der Waals surface area contributed by atoms with Crippen molar-refractivity contribution in [3.63, 3.8) is 0 Å². The van der Waals surface area contributed by atoms with E-state index in [0.717, 1.165) is 12.0 Å². The van der Waals surface area contributed by atoms with Crippen LogP contribution in [0.5, 0.6) is 5.88 Å². The van der Waals surface area contributed by atoms with Gasteiger partial charge in [-0.05, 0) is 18.1 Å². The quantitative estimate of drug-likeness (QED) is 0.796. The van der Waals surface area contributed by atoms with Crippen LogP contribution >= 0.6 is 0 Å². The molecule has 0 spiro atoms. The number of carbonyl (C=O) groups excluding carboxylic acids is 1. The number of ether oxygens (including phenoxy) is 2. The van der Waals surface area contributed by atoms with Gasteiger partial charge in [-0.15, -0.1) is 0 Å². The van der Waals surface area contributed by atoms with Gasteiger partial charge in [0.15, 0.2) is 6.61 Å². The van der Waals surface area contributed by atoms with Gasteiger partial charge in [0.2, 0.25) is 5.88 Å². The molecule has 5 heteroatoms. The Bertz CT molecular complexity index is 403. The van der Waals surface area contributed by atoms with Crippen molar-refractivity contribution < 1.29 is 14.3 Å². The molecule has 1 amide bonds. The van der Waals surface area contributed by atoms with Gasteiger partial charge in [-0.2, -0.15) is 0 Å². The fourth-order valence-electron chi connectivity index (χ4n) is 1.79. The van der Waals surface area contributed by atoms with E-state index < -0.39 is 0 Å². The molecule has 1 aliphatic heterocycles. The van der Waals surface area contributed by atoms with E-state index in [-0.39, 0.29) is 12.5 Å². The third kappa shape index (κ3) is 3.43. The molecule has 0 N–H and O–H groups in total. The van der Waals surface area contributed by atoms with Gasteiger partial charge in [-0.1, -0.05) is 6.92 Å². The van der Waals surface area contributed by atoms with Crippen LogP contribution in [0, 0.1) is 0 Å². The van der Waals surface area contributed by atoms with E-state index in [1.54, 1.807) is 11.1 Å². The fourth-order valence-corrected chi connectivity index (χ4v) is 1.79. The van der Waals surface area contributed by atoms with Crippen LogP contribution in [-0.2, 0) is 16.0 Å². The summed E-state index contributed by atoms with van der Waals surface area (Å²) in [6.07, 6.45) is 2.63. The number of hydrogen-bond acceptors (Lipinski definition) is 4. The summed E-state index contributed by atoms with van der Waals surface area (Å²) in [6, 6.07) is 3.81. The highest BCUT2D eigenvalue weighted by Gasteiger charge is 2.17. The molecule has 0 radical (unpaired) electrons. The number of nitrogens with zero attached hydrogens (tertiary/aromatic N) is 2. The van der Waals surface area contributed by atoms with Crippen LogP contribution in [0.4, 0.5) is 0 Å². The summed E-state index contributed by atoms with van der Waals surface area (Å²) in [7, 11) is 0. The molecule has 0 bridgehead atoms. The van der Waals surface area contributed by atoms with Crippen molar-refractivity contribution in [1.82, 2.24) is 9.88 Å². The van der Waals surface area contributed by atoms with Crippen molar-refractivity contribution in [3.05, 3.63) is 23.9 Å². The van der Waals surface area contributed by atoms with Gasteiger partial charge < -0.3 is 14.4 Å². The summed E-state index contributed by atoms with van der Waals surface area (Å²) in [5.41, 5.74) is 1.15. The van der Waals surface area contributed by atoms with E-state index in [9.17, 15) is 4.79 Å². The highest BCUT2D eigenvalue weighted by Crippen LogP contribution is 2.10. The van der Waals surface area contributed by atoms with Gasteiger partial charge in [0.05, 0.1) is 13.2 Å². The first kappa shape index (κ1) is 12.8. The van der Waals surface area contributed by atoms with Gasteiger partial charge in [0, 0.05) is 25.4 Å². The second-order valence-corrected chi connectivity index (χ2v) is 4.14. The van der Waals surface area contributed by atoms with Crippen molar-refractivity contribution in [1.29, 1.82) is 0 Å². The lowest BCUT2D eigenvalue weighted by atomic mass is 10.2. The Balaban J connectivity index is 1.84.